The van der Waals surface area contributed by atoms with Crippen molar-refractivity contribution >= 4 is 11.8 Å². The first-order valence-electron chi connectivity index (χ1n) is 5.16. The Labute approximate surface area is 96.9 Å². The quantitative estimate of drug-likeness (QED) is 0.700. The van der Waals surface area contributed by atoms with E-state index in [4.69, 9.17) is 9.94 Å². The molecule has 1 aromatic rings. The Kier molecular flexibility index (Phi) is 2.01. The molecule has 1 amide bonds. The van der Waals surface area contributed by atoms with Crippen molar-refractivity contribution in [3.05, 3.63) is 59.0 Å². The van der Waals surface area contributed by atoms with Crippen molar-refractivity contribution in [2.24, 2.45) is 0 Å². The van der Waals surface area contributed by atoms with Crippen LogP contribution in [0.4, 0.5) is 10.5 Å². The van der Waals surface area contributed by atoms with Crippen LogP contribution >= 0.6 is 0 Å². The van der Waals surface area contributed by atoms with Crippen molar-refractivity contribution in [3.8, 4) is 5.75 Å². The highest BCUT2D eigenvalue weighted by atomic mass is 16.7. The molecule has 2 aliphatic rings. The Bertz CT molecular complexity index is 667. The van der Waals surface area contributed by atoms with Gasteiger partial charge in [-0.25, -0.2) is 4.79 Å². The van der Waals surface area contributed by atoms with Gasteiger partial charge in [-0.05, 0) is 23.4 Å². The number of hydrogen-bond acceptors (Lipinski definition) is 2. The number of amides is 1. The van der Waals surface area contributed by atoms with Crippen LogP contribution < -0.4 is 9.90 Å². The highest BCUT2D eigenvalue weighted by Gasteiger charge is 2.22. The molecule has 0 aliphatic heterocycles. The molecule has 84 valence electrons. The van der Waals surface area contributed by atoms with Gasteiger partial charge in [0.15, 0.2) is 5.75 Å². The van der Waals surface area contributed by atoms with Gasteiger partial charge in [-0.1, -0.05) is 30.3 Å². The maximum absolute atomic E-state index is 11.1. The van der Waals surface area contributed by atoms with Crippen LogP contribution in [0.3, 0.4) is 0 Å². The fourth-order valence-corrected chi connectivity index (χ4v) is 1.72. The van der Waals surface area contributed by atoms with Crippen molar-refractivity contribution in [1.82, 2.24) is 0 Å². The fraction of sp³-hybridized carbons (Fsp3) is 0. The second kappa shape index (κ2) is 3.52. The standard InChI is InChI=1S/C13H9NO3/c15-13(16)14(12-8-9-6-7-11(9)12)17-10-4-2-1-3-5-10/h1-8H,(H,15,16). The number of benzene rings is 2. The summed E-state index contributed by atoms with van der Waals surface area (Å²) in [6.45, 7) is 0. The summed E-state index contributed by atoms with van der Waals surface area (Å²) in [5.74, 6) is 0.494. The molecule has 2 aliphatic carbocycles. The molecule has 1 aromatic carbocycles. The summed E-state index contributed by atoms with van der Waals surface area (Å²) in [5.41, 5.74) is 0.582. The van der Waals surface area contributed by atoms with Crippen LogP contribution in [-0.2, 0) is 0 Å². The van der Waals surface area contributed by atoms with Gasteiger partial charge < -0.3 is 9.94 Å². The Morgan fingerprint density at radius 1 is 1.12 bits per heavy atom. The lowest BCUT2D eigenvalue weighted by atomic mass is 10.0. The van der Waals surface area contributed by atoms with E-state index in [1.54, 1.807) is 30.3 Å². The number of carboxylic acid groups (broad SMARTS) is 1. The molecule has 0 heterocycles. The zero-order valence-corrected chi connectivity index (χ0v) is 8.83. The Morgan fingerprint density at radius 2 is 1.88 bits per heavy atom. The van der Waals surface area contributed by atoms with Crippen molar-refractivity contribution < 1.29 is 14.7 Å². The van der Waals surface area contributed by atoms with Gasteiger partial charge in [0.1, 0.15) is 0 Å². The van der Waals surface area contributed by atoms with Crippen LogP contribution in [0.5, 0.6) is 5.75 Å². The summed E-state index contributed by atoms with van der Waals surface area (Å²) in [7, 11) is 0. The molecule has 0 radical (unpaired) electrons. The second-order valence-electron chi connectivity index (χ2n) is 3.71. The first-order chi connectivity index (χ1) is 8.25. The molecule has 4 heteroatoms. The molecule has 4 nitrogen and oxygen atoms in total. The van der Waals surface area contributed by atoms with E-state index in [1.165, 1.54) is 0 Å². The third-order valence-electron chi connectivity index (χ3n) is 2.64. The molecule has 0 unspecified atom stereocenters. The Balaban J connectivity index is 1.89. The minimum Gasteiger partial charge on any atom is -0.463 e. The monoisotopic (exact) mass is 227 g/mol. The van der Waals surface area contributed by atoms with Gasteiger partial charge in [-0.3, -0.25) is 0 Å². The van der Waals surface area contributed by atoms with Crippen molar-refractivity contribution in [3.63, 3.8) is 0 Å². The highest BCUT2D eigenvalue weighted by Crippen LogP contribution is 2.27. The van der Waals surface area contributed by atoms with Crippen LogP contribution in [0.1, 0.15) is 0 Å². The van der Waals surface area contributed by atoms with E-state index >= 15 is 0 Å². The van der Waals surface area contributed by atoms with E-state index in [0.29, 0.717) is 11.4 Å². The molecule has 17 heavy (non-hydrogen) atoms. The van der Waals surface area contributed by atoms with Gasteiger partial charge in [-0.2, -0.15) is 0 Å². The van der Waals surface area contributed by atoms with Crippen LogP contribution in [0, 0.1) is 10.4 Å². The lowest BCUT2D eigenvalue weighted by Crippen LogP contribution is -2.34. The molecule has 0 atom stereocenters. The minimum absolute atomic E-state index is 0.494. The third-order valence-corrected chi connectivity index (χ3v) is 2.64. The minimum atomic E-state index is -1.13. The average Bonchev–Trinajstić information content (AvgIpc) is 2.31. The number of nitrogens with zero attached hydrogens (tertiary/aromatic N) is 1. The number of rotatable bonds is 3. The predicted octanol–water partition coefficient (Wildman–Crippen LogP) is 2.77. The van der Waals surface area contributed by atoms with Gasteiger partial charge >= 0.3 is 6.09 Å². The van der Waals surface area contributed by atoms with Gasteiger partial charge in [-0.15, -0.1) is 5.06 Å². The molecular formula is C13H9NO3. The van der Waals surface area contributed by atoms with Crippen LogP contribution in [0.15, 0.2) is 48.5 Å². The smallest absolute Gasteiger partial charge is 0.445 e. The number of hydrogen-bond donors (Lipinski definition) is 1. The molecule has 0 spiro atoms. The molecule has 0 saturated carbocycles. The van der Waals surface area contributed by atoms with Gasteiger partial charge in [0.2, 0.25) is 0 Å². The van der Waals surface area contributed by atoms with E-state index < -0.39 is 6.09 Å². The normalized spacial score (nSPS) is 10.8. The molecule has 0 fully saturated rings. The number of anilines is 1. The summed E-state index contributed by atoms with van der Waals surface area (Å²) in [5, 5.41) is 12.0. The predicted molar refractivity (Wildman–Crippen MR) is 61.7 cm³/mol. The van der Waals surface area contributed by atoms with Crippen molar-refractivity contribution in [2.75, 3.05) is 5.06 Å². The topological polar surface area (TPSA) is 49.8 Å². The summed E-state index contributed by atoms with van der Waals surface area (Å²) < 4.78 is 0. The highest BCUT2D eigenvalue weighted by molar-refractivity contribution is 5.85. The van der Waals surface area contributed by atoms with E-state index in [9.17, 15) is 4.79 Å². The Morgan fingerprint density at radius 3 is 2.35 bits per heavy atom. The van der Waals surface area contributed by atoms with Crippen LogP contribution in [0.25, 0.3) is 0 Å². The van der Waals surface area contributed by atoms with Crippen LogP contribution in [0.2, 0.25) is 0 Å². The van der Waals surface area contributed by atoms with Crippen molar-refractivity contribution in [1.29, 1.82) is 0 Å². The van der Waals surface area contributed by atoms with E-state index in [0.717, 1.165) is 15.5 Å². The average molecular weight is 227 g/mol. The summed E-state index contributed by atoms with van der Waals surface area (Å²) in [6, 6.07) is 14.4. The third kappa shape index (κ3) is 1.50. The maximum Gasteiger partial charge on any atom is 0.445 e. The van der Waals surface area contributed by atoms with E-state index in [2.05, 4.69) is 0 Å². The van der Waals surface area contributed by atoms with Gasteiger partial charge in [0.05, 0.1) is 5.69 Å². The van der Waals surface area contributed by atoms with Crippen LogP contribution in [-0.4, -0.2) is 11.2 Å². The Hall–Kier alpha value is -2.49. The lowest BCUT2D eigenvalue weighted by molar-refractivity contribution is 0.168. The maximum atomic E-state index is 11.1. The zero-order valence-electron chi connectivity index (χ0n) is 8.83. The van der Waals surface area contributed by atoms with Gasteiger partial charge in [0, 0.05) is 5.22 Å². The molecular weight excluding hydrogens is 218 g/mol. The summed E-state index contributed by atoms with van der Waals surface area (Å²) in [4.78, 5) is 16.5. The number of hydroxylamine groups is 1. The zero-order chi connectivity index (χ0) is 11.8. The summed E-state index contributed by atoms with van der Waals surface area (Å²) >= 11 is 0. The lowest BCUT2D eigenvalue weighted by Gasteiger charge is -2.23. The molecule has 0 aromatic heterocycles. The SMILES string of the molecule is O=C(O)N(Oc1ccccc1)c1cc2ccc1=2. The second-order valence-corrected chi connectivity index (χ2v) is 3.71. The number of para-hydroxylation sites is 1. The number of carbonyl (C=O) groups is 1. The van der Waals surface area contributed by atoms with Gasteiger partial charge in [0.25, 0.3) is 0 Å². The first kappa shape index (κ1) is 9.72. The largest absolute Gasteiger partial charge is 0.463 e. The summed E-state index contributed by atoms with van der Waals surface area (Å²) in [6.07, 6.45) is -1.13. The van der Waals surface area contributed by atoms with Crippen molar-refractivity contribution in [2.45, 2.75) is 0 Å². The fourth-order valence-electron chi connectivity index (χ4n) is 1.72. The van der Waals surface area contributed by atoms with E-state index in [-0.39, 0.29) is 0 Å². The first-order valence-corrected chi connectivity index (χ1v) is 5.16. The molecule has 1 N–H and O–H groups in total. The molecule has 0 bridgehead atoms. The molecule has 3 rings (SSSR count). The van der Waals surface area contributed by atoms with E-state index in [1.807, 2.05) is 18.2 Å². The molecule has 0 saturated heterocycles.